The van der Waals surface area contributed by atoms with Gasteiger partial charge in [0.1, 0.15) is 6.54 Å². The number of nitrogens with one attached hydrogen (secondary N) is 1. The van der Waals surface area contributed by atoms with Crippen molar-refractivity contribution in [1.29, 1.82) is 0 Å². The number of aromatic nitrogens is 2. The van der Waals surface area contributed by atoms with Crippen molar-refractivity contribution < 1.29 is 9.53 Å². The van der Waals surface area contributed by atoms with Crippen LogP contribution in [0, 0.1) is 13.8 Å². The SMILES string of the molecule is Cc1cn(CC(=O)NC2CCOC2)nc1C. The Morgan fingerprint density at radius 1 is 1.69 bits per heavy atom. The minimum atomic E-state index is -0.00185. The lowest BCUT2D eigenvalue weighted by Gasteiger charge is -2.10. The van der Waals surface area contributed by atoms with Crippen molar-refractivity contribution in [3.8, 4) is 0 Å². The number of amides is 1. The zero-order valence-corrected chi connectivity index (χ0v) is 9.69. The van der Waals surface area contributed by atoms with Gasteiger partial charge >= 0.3 is 0 Å². The Bertz CT molecular complexity index is 361. The molecule has 1 aromatic heterocycles. The number of nitrogens with zero attached hydrogens (tertiary/aromatic N) is 2. The molecule has 1 saturated heterocycles. The highest BCUT2D eigenvalue weighted by atomic mass is 16.5. The normalized spacial score (nSPS) is 20.0. The highest BCUT2D eigenvalue weighted by Gasteiger charge is 2.17. The van der Waals surface area contributed by atoms with Crippen LogP contribution >= 0.6 is 0 Å². The topological polar surface area (TPSA) is 56.2 Å². The van der Waals surface area contributed by atoms with E-state index in [0.717, 1.165) is 24.3 Å². The molecule has 1 aliphatic heterocycles. The Balaban J connectivity index is 1.86. The van der Waals surface area contributed by atoms with Gasteiger partial charge in [-0.15, -0.1) is 0 Å². The van der Waals surface area contributed by atoms with Gasteiger partial charge in [0.15, 0.2) is 0 Å². The number of carbonyl (C=O) groups excluding carboxylic acids is 1. The van der Waals surface area contributed by atoms with Crippen molar-refractivity contribution >= 4 is 5.91 Å². The summed E-state index contributed by atoms with van der Waals surface area (Å²) >= 11 is 0. The lowest BCUT2D eigenvalue weighted by Crippen LogP contribution is -2.37. The first-order valence-corrected chi connectivity index (χ1v) is 5.53. The van der Waals surface area contributed by atoms with E-state index in [9.17, 15) is 4.79 Å². The molecule has 1 N–H and O–H groups in total. The van der Waals surface area contributed by atoms with Crippen molar-refractivity contribution in [1.82, 2.24) is 15.1 Å². The minimum absolute atomic E-state index is 0.00185. The molecule has 0 radical (unpaired) electrons. The lowest BCUT2D eigenvalue weighted by molar-refractivity contribution is -0.122. The molecule has 2 rings (SSSR count). The lowest BCUT2D eigenvalue weighted by atomic mass is 10.2. The number of hydrogen-bond acceptors (Lipinski definition) is 3. The maximum atomic E-state index is 11.7. The second-order valence-corrected chi connectivity index (χ2v) is 4.22. The van der Waals surface area contributed by atoms with E-state index in [0.29, 0.717) is 6.61 Å². The Morgan fingerprint density at radius 2 is 2.50 bits per heavy atom. The number of hydrogen-bond donors (Lipinski definition) is 1. The van der Waals surface area contributed by atoms with Gasteiger partial charge in [0.05, 0.1) is 18.3 Å². The number of carbonyl (C=O) groups is 1. The van der Waals surface area contributed by atoms with Crippen LogP contribution in [-0.2, 0) is 16.1 Å². The van der Waals surface area contributed by atoms with Gasteiger partial charge in [0, 0.05) is 12.8 Å². The van der Waals surface area contributed by atoms with E-state index in [-0.39, 0.29) is 18.5 Å². The third-order valence-electron chi connectivity index (χ3n) is 2.79. The molecule has 1 aliphatic rings. The fourth-order valence-electron chi connectivity index (χ4n) is 1.77. The summed E-state index contributed by atoms with van der Waals surface area (Å²) < 4.78 is 6.87. The van der Waals surface area contributed by atoms with Gasteiger partial charge in [-0.05, 0) is 25.8 Å². The molecule has 5 heteroatoms. The average molecular weight is 223 g/mol. The summed E-state index contributed by atoms with van der Waals surface area (Å²) in [6.07, 6.45) is 2.79. The average Bonchev–Trinajstić information content (AvgIpc) is 2.78. The molecule has 88 valence electrons. The van der Waals surface area contributed by atoms with Gasteiger partial charge in [0.2, 0.25) is 5.91 Å². The van der Waals surface area contributed by atoms with Gasteiger partial charge < -0.3 is 10.1 Å². The van der Waals surface area contributed by atoms with Crippen LogP contribution in [0.5, 0.6) is 0 Å². The highest BCUT2D eigenvalue weighted by Crippen LogP contribution is 2.04. The molecular formula is C11H17N3O2. The molecule has 0 aromatic carbocycles. The second kappa shape index (κ2) is 4.65. The summed E-state index contributed by atoms with van der Waals surface area (Å²) in [5.41, 5.74) is 2.08. The van der Waals surface area contributed by atoms with Crippen LogP contribution < -0.4 is 5.32 Å². The number of aryl methyl sites for hydroxylation is 2. The third kappa shape index (κ3) is 2.61. The van der Waals surface area contributed by atoms with Crippen LogP contribution in [0.4, 0.5) is 0 Å². The fraction of sp³-hybridized carbons (Fsp3) is 0.636. The van der Waals surface area contributed by atoms with E-state index < -0.39 is 0 Å². The second-order valence-electron chi connectivity index (χ2n) is 4.22. The summed E-state index contributed by atoms with van der Waals surface area (Å²) in [6.45, 7) is 5.58. The zero-order chi connectivity index (χ0) is 11.5. The molecule has 1 atom stereocenters. The molecule has 0 saturated carbocycles. The van der Waals surface area contributed by atoms with E-state index in [1.165, 1.54) is 0 Å². The molecule has 0 aliphatic carbocycles. The number of rotatable bonds is 3. The van der Waals surface area contributed by atoms with Gasteiger partial charge in [-0.3, -0.25) is 9.48 Å². The molecule has 0 bridgehead atoms. The Labute approximate surface area is 94.8 Å². The van der Waals surface area contributed by atoms with Crippen molar-refractivity contribution in [2.75, 3.05) is 13.2 Å². The van der Waals surface area contributed by atoms with Crippen LogP contribution in [-0.4, -0.2) is 34.9 Å². The van der Waals surface area contributed by atoms with Crippen LogP contribution in [0.25, 0.3) is 0 Å². The van der Waals surface area contributed by atoms with Gasteiger partial charge in [-0.25, -0.2) is 0 Å². The summed E-state index contributed by atoms with van der Waals surface area (Å²) in [5, 5.41) is 7.18. The molecule has 1 amide bonds. The van der Waals surface area contributed by atoms with Crippen LogP contribution in [0.2, 0.25) is 0 Å². The molecule has 5 nitrogen and oxygen atoms in total. The van der Waals surface area contributed by atoms with Crippen molar-refractivity contribution in [3.05, 3.63) is 17.5 Å². The summed E-state index contributed by atoms with van der Waals surface area (Å²) in [4.78, 5) is 11.7. The molecule has 1 aromatic rings. The van der Waals surface area contributed by atoms with Crippen LogP contribution in [0.15, 0.2) is 6.20 Å². The molecule has 2 heterocycles. The molecular weight excluding hydrogens is 206 g/mol. The van der Waals surface area contributed by atoms with E-state index in [1.807, 2.05) is 20.0 Å². The third-order valence-corrected chi connectivity index (χ3v) is 2.79. The first-order chi connectivity index (χ1) is 7.65. The van der Waals surface area contributed by atoms with Crippen molar-refractivity contribution in [2.24, 2.45) is 0 Å². The van der Waals surface area contributed by atoms with Gasteiger partial charge in [-0.1, -0.05) is 0 Å². The Morgan fingerprint density at radius 3 is 3.06 bits per heavy atom. The maximum absolute atomic E-state index is 11.7. The van der Waals surface area contributed by atoms with Crippen LogP contribution in [0.3, 0.4) is 0 Å². The zero-order valence-electron chi connectivity index (χ0n) is 9.69. The quantitative estimate of drug-likeness (QED) is 0.807. The van der Waals surface area contributed by atoms with E-state index in [1.54, 1.807) is 4.68 Å². The van der Waals surface area contributed by atoms with Gasteiger partial charge in [0.25, 0.3) is 0 Å². The monoisotopic (exact) mass is 223 g/mol. The first kappa shape index (κ1) is 11.1. The fourth-order valence-corrected chi connectivity index (χ4v) is 1.77. The summed E-state index contributed by atoms with van der Waals surface area (Å²) in [5.74, 6) is -0.00185. The molecule has 0 spiro atoms. The minimum Gasteiger partial charge on any atom is -0.379 e. The summed E-state index contributed by atoms with van der Waals surface area (Å²) in [6, 6.07) is 0.172. The van der Waals surface area contributed by atoms with E-state index in [2.05, 4.69) is 10.4 Å². The van der Waals surface area contributed by atoms with Crippen molar-refractivity contribution in [2.45, 2.75) is 32.9 Å². The smallest absolute Gasteiger partial charge is 0.242 e. The first-order valence-electron chi connectivity index (χ1n) is 5.53. The Hall–Kier alpha value is -1.36. The predicted octanol–water partition coefficient (Wildman–Crippen LogP) is 0.405. The van der Waals surface area contributed by atoms with E-state index >= 15 is 0 Å². The largest absolute Gasteiger partial charge is 0.379 e. The standard InChI is InChI=1S/C11H17N3O2/c1-8-5-14(13-9(8)2)6-11(15)12-10-3-4-16-7-10/h5,10H,3-4,6-7H2,1-2H3,(H,12,15). The molecule has 1 unspecified atom stereocenters. The molecule has 1 fully saturated rings. The Kier molecular flexibility index (Phi) is 3.24. The van der Waals surface area contributed by atoms with Gasteiger partial charge in [-0.2, -0.15) is 5.10 Å². The molecule has 16 heavy (non-hydrogen) atoms. The highest BCUT2D eigenvalue weighted by molar-refractivity contribution is 5.76. The maximum Gasteiger partial charge on any atom is 0.242 e. The van der Waals surface area contributed by atoms with Crippen LogP contribution in [0.1, 0.15) is 17.7 Å². The van der Waals surface area contributed by atoms with E-state index in [4.69, 9.17) is 4.74 Å². The summed E-state index contributed by atoms with van der Waals surface area (Å²) in [7, 11) is 0. The van der Waals surface area contributed by atoms with Crippen molar-refractivity contribution in [3.63, 3.8) is 0 Å². The number of ether oxygens (including phenoxy) is 1. The predicted molar refractivity (Wildman–Crippen MR) is 59.1 cm³/mol.